The van der Waals surface area contributed by atoms with E-state index in [1.165, 1.54) is 6.33 Å². The number of nitrogen functional groups attached to an aromatic ring is 1. The summed E-state index contributed by atoms with van der Waals surface area (Å²) in [7, 11) is 1.75. The lowest BCUT2D eigenvalue weighted by molar-refractivity contribution is -0.119. The topological polar surface area (TPSA) is 93.4 Å². The summed E-state index contributed by atoms with van der Waals surface area (Å²) in [5, 5.41) is 2.80. The third-order valence-electron chi connectivity index (χ3n) is 2.42. The molecular weight excluding hydrogens is 246 g/mol. The maximum absolute atomic E-state index is 11.6. The van der Waals surface area contributed by atoms with Crippen molar-refractivity contribution in [2.75, 3.05) is 37.4 Å². The van der Waals surface area contributed by atoms with Gasteiger partial charge in [-0.15, -0.1) is 0 Å². The summed E-state index contributed by atoms with van der Waals surface area (Å²) in [5.41, 5.74) is 6.27. The Hall–Kier alpha value is -2.05. The Balaban J connectivity index is 2.73. The highest BCUT2D eigenvalue weighted by molar-refractivity contribution is 5.82. The first-order valence-electron chi connectivity index (χ1n) is 6.31. The maximum atomic E-state index is 11.6. The average Bonchev–Trinajstić information content (AvgIpc) is 2.39. The normalized spacial score (nSPS) is 10.1. The van der Waals surface area contributed by atoms with Gasteiger partial charge in [-0.2, -0.15) is 4.98 Å². The first-order chi connectivity index (χ1) is 9.10. The van der Waals surface area contributed by atoms with E-state index in [0.29, 0.717) is 30.5 Å². The molecule has 0 unspecified atom stereocenters. The molecule has 1 aromatic rings. The Kier molecular flexibility index (Phi) is 5.84. The lowest BCUT2D eigenvalue weighted by Crippen LogP contribution is -2.36. The van der Waals surface area contributed by atoms with Crippen LogP contribution in [0.25, 0.3) is 0 Å². The molecule has 0 radical (unpaired) electrons. The molecular formula is C12H21N5O2. The van der Waals surface area contributed by atoms with Gasteiger partial charge >= 0.3 is 0 Å². The third kappa shape index (κ3) is 4.27. The van der Waals surface area contributed by atoms with Gasteiger partial charge < -0.3 is 20.7 Å². The van der Waals surface area contributed by atoms with Crippen molar-refractivity contribution in [2.45, 2.75) is 20.3 Å². The van der Waals surface area contributed by atoms with E-state index < -0.39 is 0 Å². The van der Waals surface area contributed by atoms with Gasteiger partial charge in [0.15, 0.2) is 5.82 Å². The second kappa shape index (κ2) is 7.40. The summed E-state index contributed by atoms with van der Waals surface area (Å²) in [5.74, 6) is 0.763. The van der Waals surface area contributed by atoms with Gasteiger partial charge in [0.05, 0.1) is 13.2 Å². The number of nitrogens with two attached hydrogens (primary N) is 1. The van der Waals surface area contributed by atoms with Gasteiger partial charge in [-0.05, 0) is 13.3 Å². The Morgan fingerprint density at radius 3 is 2.84 bits per heavy atom. The summed E-state index contributed by atoms with van der Waals surface area (Å²) in [6.07, 6.45) is 2.27. The van der Waals surface area contributed by atoms with Crippen LogP contribution in [0.5, 0.6) is 5.88 Å². The van der Waals surface area contributed by atoms with Crippen molar-refractivity contribution >= 4 is 17.4 Å². The molecule has 0 bridgehead atoms. The largest absolute Gasteiger partial charge is 0.476 e. The first kappa shape index (κ1) is 15.0. The molecule has 0 aliphatic carbocycles. The third-order valence-corrected chi connectivity index (χ3v) is 2.42. The molecule has 106 valence electrons. The van der Waals surface area contributed by atoms with Crippen molar-refractivity contribution in [3.63, 3.8) is 0 Å². The fourth-order valence-electron chi connectivity index (χ4n) is 1.54. The van der Waals surface area contributed by atoms with Crippen LogP contribution in [0.15, 0.2) is 6.33 Å². The summed E-state index contributed by atoms with van der Waals surface area (Å²) in [4.78, 5) is 21.3. The van der Waals surface area contributed by atoms with Crippen molar-refractivity contribution in [1.82, 2.24) is 15.3 Å². The van der Waals surface area contributed by atoms with Crippen LogP contribution in [-0.4, -0.2) is 42.6 Å². The van der Waals surface area contributed by atoms with E-state index in [0.717, 1.165) is 6.42 Å². The van der Waals surface area contributed by atoms with Crippen molar-refractivity contribution in [1.29, 1.82) is 0 Å². The molecule has 0 saturated heterocycles. The number of hydrogen-bond acceptors (Lipinski definition) is 6. The number of carbonyl (C=O) groups is 1. The van der Waals surface area contributed by atoms with Gasteiger partial charge in [-0.25, -0.2) is 4.98 Å². The molecule has 19 heavy (non-hydrogen) atoms. The second-order valence-corrected chi connectivity index (χ2v) is 4.06. The van der Waals surface area contributed by atoms with Crippen LogP contribution >= 0.6 is 0 Å². The molecule has 1 rings (SSSR count). The second-order valence-electron chi connectivity index (χ2n) is 4.06. The number of aromatic nitrogens is 2. The molecule has 1 heterocycles. The van der Waals surface area contributed by atoms with Crippen LogP contribution in [0.4, 0.5) is 11.5 Å². The minimum atomic E-state index is -0.0691. The lowest BCUT2D eigenvalue weighted by atomic mass is 10.4. The number of likely N-dealkylation sites (N-methyl/N-ethyl adjacent to an activating group) is 1. The molecule has 0 fully saturated rings. The zero-order valence-corrected chi connectivity index (χ0v) is 11.6. The smallest absolute Gasteiger partial charge is 0.242 e. The number of carbonyl (C=O) groups excluding carboxylic acids is 1. The van der Waals surface area contributed by atoms with E-state index in [1.54, 1.807) is 11.9 Å². The van der Waals surface area contributed by atoms with Crippen molar-refractivity contribution in [3.8, 4) is 5.88 Å². The molecule has 0 aromatic carbocycles. The molecule has 1 aromatic heterocycles. The minimum absolute atomic E-state index is 0.0691. The van der Waals surface area contributed by atoms with Gasteiger partial charge in [0.1, 0.15) is 12.0 Å². The van der Waals surface area contributed by atoms with Gasteiger partial charge in [0.2, 0.25) is 11.8 Å². The molecule has 0 aliphatic heterocycles. The number of anilines is 2. The molecule has 0 aliphatic rings. The van der Waals surface area contributed by atoms with Gasteiger partial charge in [-0.3, -0.25) is 4.79 Å². The van der Waals surface area contributed by atoms with E-state index in [1.807, 2.05) is 13.8 Å². The van der Waals surface area contributed by atoms with Gasteiger partial charge in [0, 0.05) is 13.6 Å². The summed E-state index contributed by atoms with van der Waals surface area (Å²) < 4.78 is 5.29. The quantitative estimate of drug-likeness (QED) is 0.743. The molecule has 0 atom stereocenters. The predicted molar refractivity (Wildman–Crippen MR) is 74.2 cm³/mol. The lowest BCUT2D eigenvalue weighted by Gasteiger charge is -2.19. The van der Waals surface area contributed by atoms with E-state index in [9.17, 15) is 4.79 Å². The summed E-state index contributed by atoms with van der Waals surface area (Å²) >= 11 is 0. The first-order valence-corrected chi connectivity index (χ1v) is 6.31. The number of hydrogen-bond donors (Lipinski definition) is 2. The molecule has 0 spiro atoms. The van der Waals surface area contributed by atoms with E-state index in [2.05, 4.69) is 15.3 Å². The van der Waals surface area contributed by atoms with Crippen molar-refractivity contribution in [3.05, 3.63) is 6.33 Å². The monoisotopic (exact) mass is 267 g/mol. The Bertz CT molecular complexity index is 425. The number of nitrogens with one attached hydrogen (secondary N) is 1. The fourth-order valence-corrected chi connectivity index (χ4v) is 1.54. The maximum Gasteiger partial charge on any atom is 0.242 e. The molecule has 0 saturated carbocycles. The van der Waals surface area contributed by atoms with Crippen LogP contribution in [0.3, 0.4) is 0 Å². The Labute approximate surface area is 113 Å². The van der Waals surface area contributed by atoms with Crippen LogP contribution < -0.4 is 20.7 Å². The zero-order chi connectivity index (χ0) is 14.3. The number of nitrogens with zero attached hydrogens (tertiary/aromatic N) is 3. The number of ether oxygens (including phenoxy) is 1. The number of rotatable bonds is 7. The predicted octanol–water partition coefficient (Wildman–Crippen LogP) is 0.420. The Morgan fingerprint density at radius 1 is 1.47 bits per heavy atom. The summed E-state index contributed by atoms with van der Waals surface area (Å²) in [6.45, 7) is 5.17. The highest BCUT2D eigenvalue weighted by Crippen LogP contribution is 2.26. The molecule has 3 N–H and O–H groups in total. The Morgan fingerprint density at radius 2 is 2.21 bits per heavy atom. The van der Waals surface area contributed by atoms with Crippen LogP contribution in [0, 0.1) is 0 Å². The van der Waals surface area contributed by atoms with Crippen molar-refractivity contribution < 1.29 is 9.53 Å². The number of amides is 1. The highest BCUT2D eigenvalue weighted by Gasteiger charge is 2.15. The highest BCUT2D eigenvalue weighted by atomic mass is 16.5. The molecule has 7 nitrogen and oxygen atoms in total. The van der Waals surface area contributed by atoms with Gasteiger partial charge in [0.25, 0.3) is 0 Å². The molecule has 7 heteroatoms. The van der Waals surface area contributed by atoms with E-state index in [-0.39, 0.29) is 12.5 Å². The fraction of sp³-hybridized carbons (Fsp3) is 0.583. The SMILES string of the molecule is CCCNC(=O)CN(C)c1ncnc(OCC)c1N. The summed E-state index contributed by atoms with van der Waals surface area (Å²) in [6, 6.07) is 0. The van der Waals surface area contributed by atoms with E-state index >= 15 is 0 Å². The van der Waals surface area contributed by atoms with Crippen molar-refractivity contribution in [2.24, 2.45) is 0 Å². The van der Waals surface area contributed by atoms with Crippen LogP contribution in [-0.2, 0) is 4.79 Å². The van der Waals surface area contributed by atoms with Gasteiger partial charge in [-0.1, -0.05) is 6.92 Å². The van der Waals surface area contributed by atoms with E-state index in [4.69, 9.17) is 10.5 Å². The van der Waals surface area contributed by atoms with Crippen LogP contribution in [0.1, 0.15) is 20.3 Å². The van der Waals surface area contributed by atoms with Crippen LogP contribution in [0.2, 0.25) is 0 Å². The zero-order valence-electron chi connectivity index (χ0n) is 11.6. The molecule has 1 amide bonds. The average molecular weight is 267 g/mol. The minimum Gasteiger partial charge on any atom is -0.476 e. The standard InChI is InChI=1S/C12H21N5O2/c1-4-6-14-9(18)7-17(3)11-10(13)12(19-5-2)16-8-15-11/h8H,4-7,13H2,1-3H3,(H,14,18).